The molecule has 0 spiro atoms. The monoisotopic (exact) mass is 703 g/mol. The lowest BCUT2D eigenvalue weighted by Crippen LogP contribution is -2.00. The summed E-state index contributed by atoms with van der Waals surface area (Å²) in [7, 11) is 0. The number of fused-ring (bicyclic) bond motifs is 3. The zero-order chi connectivity index (χ0) is 36.6. The van der Waals surface area contributed by atoms with E-state index in [0.29, 0.717) is 17.5 Å². The third-order valence-electron chi connectivity index (χ3n) is 10.2. The van der Waals surface area contributed by atoms with Gasteiger partial charge in [0.05, 0.1) is 0 Å². The van der Waals surface area contributed by atoms with Crippen LogP contribution in [-0.2, 0) is 0 Å². The minimum atomic E-state index is 0.631. The summed E-state index contributed by atoms with van der Waals surface area (Å²) in [6.07, 6.45) is 0. The number of rotatable bonds is 7. The lowest BCUT2D eigenvalue weighted by Gasteiger charge is -2.09. The van der Waals surface area contributed by atoms with Gasteiger partial charge in [-0.25, -0.2) is 15.0 Å². The maximum Gasteiger partial charge on any atom is 0.164 e. The summed E-state index contributed by atoms with van der Waals surface area (Å²) in [5.41, 5.74) is 13.9. The number of hydrogen-bond donors (Lipinski definition) is 0. The minimum absolute atomic E-state index is 0.631. The maximum absolute atomic E-state index is 6.40. The van der Waals surface area contributed by atoms with Gasteiger partial charge in [-0.05, 0) is 62.7 Å². The van der Waals surface area contributed by atoms with E-state index >= 15 is 0 Å². The van der Waals surface area contributed by atoms with E-state index in [1.54, 1.807) is 0 Å². The largest absolute Gasteiger partial charge is 0.456 e. The second kappa shape index (κ2) is 13.8. The van der Waals surface area contributed by atoms with Crippen molar-refractivity contribution in [2.75, 3.05) is 0 Å². The van der Waals surface area contributed by atoms with Crippen LogP contribution in [0.2, 0.25) is 0 Å². The molecule has 8 aromatic carbocycles. The van der Waals surface area contributed by atoms with Crippen LogP contribution in [0, 0.1) is 0 Å². The molecule has 4 heteroatoms. The van der Waals surface area contributed by atoms with Gasteiger partial charge in [-0.1, -0.05) is 182 Å². The number of hydrogen-bond acceptors (Lipinski definition) is 4. The van der Waals surface area contributed by atoms with Gasteiger partial charge < -0.3 is 4.42 Å². The second-order valence-electron chi connectivity index (χ2n) is 13.6. The van der Waals surface area contributed by atoms with Crippen molar-refractivity contribution in [3.8, 4) is 78.7 Å². The van der Waals surface area contributed by atoms with Gasteiger partial charge in [0.25, 0.3) is 0 Å². The van der Waals surface area contributed by atoms with Crippen LogP contribution in [-0.4, -0.2) is 15.0 Å². The number of aromatic nitrogens is 3. The first-order valence-corrected chi connectivity index (χ1v) is 18.4. The Morgan fingerprint density at radius 2 is 0.655 bits per heavy atom. The molecule has 55 heavy (non-hydrogen) atoms. The maximum atomic E-state index is 6.40. The van der Waals surface area contributed by atoms with Crippen LogP contribution < -0.4 is 0 Å². The van der Waals surface area contributed by atoms with Gasteiger partial charge in [0.1, 0.15) is 11.2 Å². The number of nitrogens with zero attached hydrogens (tertiary/aromatic N) is 3. The summed E-state index contributed by atoms with van der Waals surface area (Å²) < 4.78 is 6.40. The van der Waals surface area contributed by atoms with Gasteiger partial charge in [0.15, 0.2) is 17.5 Å². The van der Waals surface area contributed by atoms with Crippen LogP contribution >= 0.6 is 0 Å². The van der Waals surface area contributed by atoms with Crippen molar-refractivity contribution in [1.29, 1.82) is 0 Å². The average molecular weight is 704 g/mol. The standard InChI is InChI=1S/C51H33N3O/c1-4-11-34(12-5-1)35-19-21-36(22-20-35)37-23-25-38(26-24-37)43-31-32-46-45(33-43)48-44(17-10-18-47(48)55-46)39-27-29-42(30-28-39)51-53-49(40-13-6-2-7-14-40)52-50(54-51)41-15-8-3-9-16-41/h1-33H. The summed E-state index contributed by atoms with van der Waals surface area (Å²) in [5.74, 6) is 1.92. The van der Waals surface area contributed by atoms with Crippen LogP contribution in [0.25, 0.3) is 101 Å². The fourth-order valence-electron chi connectivity index (χ4n) is 7.32. The van der Waals surface area contributed by atoms with E-state index < -0.39 is 0 Å². The van der Waals surface area contributed by atoms with Crippen molar-refractivity contribution in [3.63, 3.8) is 0 Å². The number of benzene rings is 8. The smallest absolute Gasteiger partial charge is 0.164 e. The first kappa shape index (κ1) is 32.2. The molecule has 0 amide bonds. The molecule has 0 atom stereocenters. The molecule has 0 aliphatic carbocycles. The summed E-state index contributed by atoms with van der Waals surface area (Å²) in [6, 6.07) is 69.4. The molecule has 0 unspecified atom stereocenters. The highest BCUT2D eigenvalue weighted by Crippen LogP contribution is 2.39. The van der Waals surface area contributed by atoms with E-state index in [2.05, 4.69) is 127 Å². The topological polar surface area (TPSA) is 51.8 Å². The van der Waals surface area contributed by atoms with Gasteiger partial charge in [0, 0.05) is 27.5 Å². The highest BCUT2D eigenvalue weighted by molar-refractivity contribution is 6.13. The summed E-state index contributed by atoms with van der Waals surface area (Å²) in [5, 5.41) is 2.19. The van der Waals surface area contributed by atoms with Gasteiger partial charge in [-0.2, -0.15) is 0 Å². The number of furan rings is 1. The molecule has 0 saturated carbocycles. The van der Waals surface area contributed by atoms with Crippen LogP contribution in [0.5, 0.6) is 0 Å². The molecule has 2 heterocycles. The van der Waals surface area contributed by atoms with Gasteiger partial charge in [-0.3, -0.25) is 0 Å². The first-order chi connectivity index (χ1) is 27.2. The summed E-state index contributed by atoms with van der Waals surface area (Å²) in [4.78, 5) is 14.7. The van der Waals surface area contributed by atoms with Crippen molar-refractivity contribution < 1.29 is 4.42 Å². The molecule has 10 rings (SSSR count). The van der Waals surface area contributed by atoms with E-state index in [1.807, 2.05) is 72.8 Å². The van der Waals surface area contributed by atoms with Crippen LogP contribution in [0.4, 0.5) is 0 Å². The Bertz CT molecular complexity index is 2860. The normalized spacial score (nSPS) is 11.3. The lowest BCUT2D eigenvalue weighted by molar-refractivity contribution is 0.669. The molecule has 0 aliphatic rings. The Morgan fingerprint density at radius 3 is 1.16 bits per heavy atom. The Labute approximate surface area is 319 Å². The predicted octanol–water partition coefficient (Wildman–Crippen LogP) is 13.4. The Hall–Kier alpha value is -7.43. The van der Waals surface area contributed by atoms with Crippen LogP contribution in [0.3, 0.4) is 0 Å². The Morgan fingerprint density at radius 1 is 0.273 bits per heavy atom. The molecule has 0 bridgehead atoms. The van der Waals surface area contributed by atoms with Gasteiger partial charge in [-0.15, -0.1) is 0 Å². The van der Waals surface area contributed by atoms with E-state index in [9.17, 15) is 0 Å². The fourth-order valence-corrected chi connectivity index (χ4v) is 7.32. The molecule has 0 aliphatic heterocycles. The van der Waals surface area contributed by atoms with Crippen LogP contribution in [0.15, 0.2) is 205 Å². The molecular formula is C51H33N3O. The predicted molar refractivity (Wildman–Crippen MR) is 225 cm³/mol. The highest BCUT2D eigenvalue weighted by Gasteiger charge is 2.16. The van der Waals surface area contributed by atoms with Crippen molar-refractivity contribution in [2.45, 2.75) is 0 Å². The summed E-state index contributed by atoms with van der Waals surface area (Å²) in [6.45, 7) is 0. The second-order valence-corrected chi connectivity index (χ2v) is 13.6. The SMILES string of the molecule is c1ccc(-c2ccc(-c3ccc(-c4ccc5oc6cccc(-c7ccc(-c8nc(-c9ccccc9)nc(-c9ccccc9)n8)cc7)c6c5c4)cc3)cc2)cc1. The quantitative estimate of drug-likeness (QED) is 0.166. The lowest BCUT2D eigenvalue weighted by atomic mass is 9.95. The molecule has 0 radical (unpaired) electrons. The van der Waals surface area contributed by atoms with Crippen molar-refractivity contribution in [3.05, 3.63) is 200 Å². The molecule has 10 aromatic rings. The van der Waals surface area contributed by atoms with Crippen LogP contribution in [0.1, 0.15) is 0 Å². The van der Waals surface area contributed by atoms with Crippen molar-refractivity contribution in [1.82, 2.24) is 15.0 Å². The Balaban J connectivity index is 0.977. The molecular weight excluding hydrogens is 671 g/mol. The fraction of sp³-hybridized carbons (Fsp3) is 0. The van der Waals surface area contributed by atoms with E-state index in [-0.39, 0.29) is 0 Å². The molecule has 4 nitrogen and oxygen atoms in total. The summed E-state index contributed by atoms with van der Waals surface area (Å²) >= 11 is 0. The van der Waals surface area contributed by atoms with Crippen molar-refractivity contribution in [2.24, 2.45) is 0 Å². The van der Waals surface area contributed by atoms with E-state index in [4.69, 9.17) is 19.4 Å². The molecule has 258 valence electrons. The highest BCUT2D eigenvalue weighted by atomic mass is 16.3. The molecule has 0 N–H and O–H groups in total. The zero-order valence-electron chi connectivity index (χ0n) is 29.8. The van der Waals surface area contributed by atoms with Crippen molar-refractivity contribution >= 4 is 21.9 Å². The average Bonchev–Trinajstić information content (AvgIpc) is 3.66. The first-order valence-electron chi connectivity index (χ1n) is 18.4. The molecule has 0 saturated heterocycles. The van der Waals surface area contributed by atoms with Gasteiger partial charge >= 0.3 is 0 Å². The van der Waals surface area contributed by atoms with Gasteiger partial charge in [0.2, 0.25) is 0 Å². The molecule has 0 fully saturated rings. The third kappa shape index (κ3) is 6.26. The molecule has 2 aromatic heterocycles. The third-order valence-corrected chi connectivity index (χ3v) is 10.2. The zero-order valence-corrected chi connectivity index (χ0v) is 29.8. The Kier molecular flexibility index (Phi) is 8.12. The minimum Gasteiger partial charge on any atom is -0.456 e. The van der Waals surface area contributed by atoms with E-state index in [0.717, 1.165) is 60.9 Å². The van der Waals surface area contributed by atoms with E-state index in [1.165, 1.54) is 22.3 Å².